The fourth-order valence-electron chi connectivity index (χ4n) is 2.55. The molecule has 1 heterocycles. The van der Waals surface area contributed by atoms with Crippen LogP contribution >= 0.6 is 0 Å². The highest BCUT2D eigenvalue weighted by Gasteiger charge is 2.09. The Kier molecular flexibility index (Phi) is 3.89. The lowest BCUT2D eigenvalue weighted by Gasteiger charge is -2.12. The van der Waals surface area contributed by atoms with Gasteiger partial charge in [0, 0.05) is 11.4 Å². The Morgan fingerprint density at radius 3 is 2.43 bits per heavy atom. The minimum Gasteiger partial charge on any atom is -0.307 e. The van der Waals surface area contributed by atoms with Gasteiger partial charge in [0.05, 0.1) is 11.0 Å². The largest absolute Gasteiger partial charge is 0.323 e. The molecule has 118 valence electrons. The van der Waals surface area contributed by atoms with Gasteiger partial charge in [0.1, 0.15) is 0 Å². The van der Waals surface area contributed by atoms with E-state index < -0.39 is 0 Å². The zero-order valence-corrected chi connectivity index (χ0v) is 13.0. The van der Waals surface area contributed by atoms with Gasteiger partial charge < -0.3 is 20.6 Å². The molecule has 1 aromatic heterocycles. The van der Waals surface area contributed by atoms with Gasteiger partial charge in [-0.05, 0) is 42.7 Å². The number of anilines is 2. The number of carbonyl (C=O) groups is 1. The molecule has 2 amide bonds. The normalized spacial score (nSPS) is 10.7. The highest BCUT2D eigenvalue weighted by Crippen LogP contribution is 2.21. The van der Waals surface area contributed by atoms with Crippen molar-refractivity contribution in [1.29, 1.82) is 0 Å². The van der Waals surface area contributed by atoms with E-state index in [1.54, 1.807) is 6.07 Å². The average molecular weight is 310 g/mol. The van der Waals surface area contributed by atoms with Gasteiger partial charge in [-0.1, -0.05) is 25.1 Å². The van der Waals surface area contributed by atoms with Crippen LogP contribution in [-0.4, -0.2) is 16.0 Å². The molecule has 4 N–H and O–H groups in total. The Labute approximate surface area is 132 Å². The predicted molar refractivity (Wildman–Crippen MR) is 92.1 cm³/mol. The van der Waals surface area contributed by atoms with Gasteiger partial charge in [-0.25, -0.2) is 9.59 Å². The molecule has 0 aliphatic rings. The number of aromatic nitrogens is 2. The van der Waals surface area contributed by atoms with E-state index in [0.29, 0.717) is 11.2 Å². The molecule has 0 saturated carbocycles. The van der Waals surface area contributed by atoms with Crippen molar-refractivity contribution in [3.63, 3.8) is 0 Å². The maximum absolute atomic E-state index is 12.2. The highest BCUT2D eigenvalue weighted by molar-refractivity contribution is 6.01. The van der Waals surface area contributed by atoms with E-state index in [0.717, 1.165) is 28.8 Å². The molecular weight excluding hydrogens is 292 g/mol. The first-order valence-corrected chi connectivity index (χ1v) is 7.45. The molecule has 0 fully saturated rings. The van der Waals surface area contributed by atoms with Gasteiger partial charge in [0.2, 0.25) is 0 Å². The third-order valence-corrected chi connectivity index (χ3v) is 3.76. The molecule has 0 unspecified atom stereocenters. The molecule has 0 aliphatic heterocycles. The molecule has 0 aliphatic carbocycles. The predicted octanol–water partition coefficient (Wildman–Crippen LogP) is 3.37. The minimum atomic E-state index is -0.314. The molecule has 0 saturated heterocycles. The van der Waals surface area contributed by atoms with Gasteiger partial charge >= 0.3 is 11.7 Å². The Morgan fingerprint density at radius 2 is 1.70 bits per heavy atom. The summed E-state index contributed by atoms with van der Waals surface area (Å²) >= 11 is 0. The van der Waals surface area contributed by atoms with Gasteiger partial charge in [-0.3, -0.25) is 0 Å². The van der Waals surface area contributed by atoms with Crippen molar-refractivity contribution < 1.29 is 4.79 Å². The number of aromatic amines is 2. The minimum absolute atomic E-state index is 0.266. The van der Waals surface area contributed by atoms with Crippen LogP contribution in [0.3, 0.4) is 0 Å². The maximum atomic E-state index is 12.2. The molecule has 2 aromatic carbocycles. The molecule has 0 radical (unpaired) electrons. The van der Waals surface area contributed by atoms with Crippen molar-refractivity contribution in [2.24, 2.45) is 0 Å². The van der Waals surface area contributed by atoms with E-state index in [1.807, 2.05) is 44.2 Å². The zero-order valence-electron chi connectivity index (χ0n) is 13.0. The van der Waals surface area contributed by atoms with Crippen LogP contribution in [0.15, 0.2) is 41.2 Å². The second-order valence-corrected chi connectivity index (χ2v) is 5.38. The number of hydrogen-bond acceptors (Lipinski definition) is 2. The van der Waals surface area contributed by atoms with Crippen LogP contribution in [0.1, 0.15) is 18.1 Å². The molecule has 0 bridgehead atoms. The smallest absolute Gasteiger partial charge is 0.307 e. The van der Waals surface area contributed by atoms with Crippen LogP contribution in [0.2, 0.25) is 0 Å². The Bertz CT molecular complexity index is 924. The number of rotatable bonds is 3. The van der Waals surface area contributed by atoms with E-state index in [-0.39, 0.29) is 11.7 Å². The van der Waals surface area contributed by atoms with Crippen LogP contribution in [0.25, 0.3) is 11.0 Å². The number of urea groups is 1. The summed E-state index contributed by atoms with van der Waals surface area (Å²) in [7, 11) is 0. The van der Waals surface area contributed by atoms with Crippen LogP contribution in [0.5, 0.6) is 0 Å². The number of benzene rings is 2. The van der Waals surface area contributed by atoms with E-state index in [2.05, 4.69) is 20.6 Å². The molecule has 0 spiro atoms. The molecule has 3 aromatic rings. The number of hydrogen-bond donors (Lipinski definition) is 4. The Hall–Kier alpha value is -3.02. The van der Waals surface area contributed by atoms with Crippen LogP contribution in [0, 0.1) is 6.92 Å². The van der Waals surface area contributed by atoms with Crippen molar-refractivity contribution in [3.05, 3.63) is 58.0 Å². The van der Waals surface area contributed by atoms with Crippen molar-refractivity contribution in [3.8, 4) is 0 Å². The summed E-state index contributed by atoms with van der Waals surface area (Å²) in [5, 5.41) is 5.69. The van der Waals surface area contributed by atoms with Crippen LogP contribution in [0.4, 0.5) is 16.2 Å². The number of fused-ring (bicyclic) bond motifs is 1. The van der Waals surface area contributed by atoms with Crippen molar-refractivity contribution in [1.82, 2.24) is 9.97 Å². The first-order valence-electron chi connectivity index (χ1n) is 7.45. The lowest BCUT2D eigenvalue weighted by molar-refractivity contribution is 0.262. The lowest BCUT2D eigenvalue weighted by atomic mass is 10.1. The monoisotopic (exact) mass is 310 g/mol. The quantitative estimate of drug-likeness (QED) is 0.597. The summed E-state index contributed by atoms with van der Waals surface area (Å²) < 4.78 is 0. The number of H-pyrrole nitrogens is 2. The lowest BCUT2D eigenvalue weighted by Crippen LogP contribution is -2.20. The SMILES string of the molecule is CCc1ccccc1NC(=O)Nc1cc2[nH]c(=O)[nH]c2cc1C. The van der Waals surface area contributed by atoms with Crippen LogP contribution in [-0.2, 0) is 6.42 Å². The number of para-hydroxylation sites is 1. The Balaban J connectivity index is 1.82. The first-order chi connectivity index (χ1) is 11.1. The van der Waals surface area contributed by atoms with E-state index in [9.17, 15) is 9.59 Å². The number of carbonyl (C=O) groups excluding carboxylic acids is 1. The number of aryl methyl sites for hydroxylation is 2. The molecule has 6 heteroatoms. The van der Waals surface area contributed by atoms with Gasteiger partial charge in [-0.15, -0.1) is 0 Å². The van der Waals surface area contributed by atoms with E-state index >= 15 is 0 Å². The zero-order chi connectivity index (χ0) is 16.4. The van der Waals surface area contributed by atoms with E-state index in [1.165, 1.54) is 0 Å². The molecule has 3 rings (SSSR count). The fraction of sp³-hybridized carbons (Fsp3) is 0.176. The Morgan fingerprint density at radius 1 is 1.04 bits per heavy atom. The highest BCUT2D eigenvalue weighted by atomic mass is 16.2. The van der Waals surface area contributed by atoms with Gasteiger partial charge in [0.25, 0.3) is 0 Å². The average Bonchev–Trinajstić information content (AvgIpc) is 2.87. The molecule has 0 atom stereocenters. The molecule has 23 heavy (non-hydrogen) atoms. The van der Waals surface area contributed by atoms with Gasteiger partial charge in [-0.2, -0.15) is 0 Å². The summed E-state index contributed by atoms with van der Waals surface area (Å²) in [5.74, 6) is 0. The second-order valence-electron chi connectivity index (χ2n) is 5.38. The third-order valence-electron chi connectivity index (χ3n) is 3.76. The first kappa shape index (κ1) is 14.9. The number of imidazole rings is 1. The maximum Gasteiger partial charge on any atom is 0.323 e. The number of nitrogens with one attached hydrogen (secondary N) is 4. The van der Waals surface area contributed by atoms with Crippen molar-refractivity contribution >= 4 is 28.4 Å². The second kappa shape index (κ2) is 6.00. The van der Waals surface area contributed by atoms with Crippen molar-refractivity contribution in [2.75, 3.05) is 10.6 Å². The molecule has 6 nitrogen and oxygen atoms in total. The summed E-state index contributed by atoms with van der Waals surface area (Å²) in [6, 6.07) is 10.9. The summed E-state index contributed by atoms with van der Waals surface area (Å²) in [6.45, 7) is 3.92. The van der Waals surface area contributed by atoms with Crippen LogP contribution < -0.4 is 16.3 Å². The van der Waals surface area contributed by atoms with E-state index in [4.69, 9.17) is 0 Å². The summed E-state index contributed by atoms with van der Waals surface area (Å²) in [5.41, 5.74) is 4.49. The fourth-order valence-corrected chi connectivity index (χ4v) is 2.55. The third kappa shape index (κ3) is 3.11. The molecular formula is C17H18N4O2. The number of amides is 2. The standard InChI is InChI=1S/C17H18N4O2/c1-3-11-6-4-5-7-12(11)18-16(22)19-13-9-15-14(8-10(13)2)20-17(23)21-15/h4-9H,3H2,1-2H3,(H2,18,19,22)(H2,20,21,23). The van der Waals surface area contributed by atoms with Gasteiger partial charge in [0.15, 0.2) is 0 Å². The summed E-state index contributed by atoms with van der Waals surface area (Å²) in [4.78, 5) is 29.0. The van der Waals surface area contributed by atoms with Crippen molar-refractivity contribution in [2.45, 2.75) is 20.3 Å². The topological polar surface area (TPSA) is 89.8 Å². The summed E-state index contributed by atoms with van der Waals surface area (Å²) in [6.07, 6.45) is 0.839.